The second-order valence-electron chi connectivity index (χ2n) is 3.67. The van der Waals surface area contributed by atoms with Crippen molar-refractivity contribution in [2.45, 2.75) is 6.42 Å². The van der Waals surface area contributed by atoms with Crippen molar-refractivity contribution in [2.75, 3.05) is 13.2 Å². The van der Waals surface area contributed by atoms with Gasteiger partial charge in [-0.2, -0.15) is 0 Å². The molecule has 17 heavy (non-hydrogen) atoms. The summed E-state index contributed by atoms with van der Waals surface area (Å²) in [6.45, 7) is 0.828. The lowest BCUT2D eigenvalue weighted by Crippen LogP contribution is -2.11. The number of esters is 1. The van der Waals surface area contributed by atoms with Gasteiger partial charge in [-0.25, -0.2) is 4.79 Å². The SMILES string of the molecule is O=C(OCCc1ccccc1)C1=CCOC=C1. The molecule has 88 valence electrons. The summed E-state index contributed by atoms with van der Waals surface area (Å²) in [6, 6.07) is 9.94. The second-order valence-corrected chi connectivity index (χ2v) is 3.67. The average molecular weight is 230 g/mol. The summed E-state index contributed by atoms with van der Waals surface area (Å²) >= 11 is 0. The first-order valence-electron chi connectivity index (χ1n) is 5.55. The van der Waals surface area contributed by atoms with E-state index < -0.39 is 0 Å². The van der Waals surface area contributed by atoms with Crippen molar-refractivity contribution in [1.82, 2.24) is 0 Å². The molecule has 0 saturated heterocycles. The Balaban J connectivity index is 1.77. The van der Waals surface area contributed by atoms with E-state index in [9.17, 15) is 4.79 Å². The lowest BCUT2D eigenvalue weighted by atomic mass is 10.2. The number of hydrogen-bond donors (Lipinski definition) is 0. The maximum absolute atomic E-state index is 11.6. The molecule has 0 spiro atoms. The van der Waals surface area contributed by atoms with Crippen molar-refractivity contribution in [3.05, 3.63) is 59.9 Å². The Bertz CT molecular complexity index is 432. The van der Waals surface area contributed by atoms with Gasteiger partial charge in [-0.15, -0.1) is 0 Å². The van der Waals surface area contributed by atoms with Crippen molar-refractivity contribution < 1.29 is 14.3 Å². The summed E-state index contributed by atoms with van der Waals surface area (Å²) in [5.74, 6) is -0.291. The van der Waals surface area contributed by atoms with Crippen LogP contribution in [0.1, 0.15) is 5.56 Å². The van der Waals surface area contributed by atoms with Crippen LogP contribution in [0.2, 0.25) is 0 Å². The molecule has 0 bridgehead atoms. The zero-order valence-electron chi connectivity index (χ0n) is 9.46. The van der Waals surface area contributed by atoms with E-state index in [1.54, 1.807) is 12.2 Å². The number of carbonyl (C=O) groups excluding carboxylic acids is 1. The Morgan fingerprint density at radius 2 is 2.12 bits per heavy atom. The lowest BCUT2D eigenvalue weighted by molar-refractivity contribution is -0.138. The minimum Gasteiger partial charge on any atom is -0.497 e. The molecule has 1 heterocycles. The molecule has 0 unspecified atom stereocenters. The van der Waals surface area contributed by atoms with Gasteiger partial charge >= 0.3 is 5.97 Å². The smallest absolute Gasteiger partial charge is 0.338 e. The van der Waals surface area contributed by atoms with Gasteiger partial charge in [0.15, 0.2) is 0 Å². The highest BCUT2D eigenvalue weighted by Crippen LogP contribution is 2.07. The Hall–Kier alpha value is -2.03. The van der Waals surface area contributed by atoms with Crippen LogP contribution in [0.15, 0.2) is 54.3 Å². The first-order chi connectivity index (χ1) is 8.36. The maximum atomic E-state index is 11.6. The quantitative estimate of drug-likeness (QED) is 0.744. The molecule has 0 aromatic heterocycles. The summed E-state index contributed by atoms with van der Waals surface area (Å²) in [5.41, 5.74) is 1.72. The van der Waals surface area contributed by atoms with Crippen molar-refractivity contribution in [3.63, 3.8) is 0 Å². The van der Waals surface area contributed by atoms with Gasteiger partial charge in [-0.3, -0.25) is 0 Å². The van der Waals surface area contributed by atoms with E-state index in [4.69, 9.17) is 9.47 Å². The van der Waals surface area contributed by atoms with Gasteiger partial charge in [0.1, 0.15) is 6.61 Å². The Morgan fingerprint density at radius 3 is 2.82 bits per heavy atom. The first kappa shape index (κ1) is 11.5. The Labute approximate surface area is 100 Å². The number of carbonyl (C=O) groups is 1. The molecule has 1 aliphatic heterocycles. The highest BCUT2D eigenvalue weighted by molar-refractivity contribution is 5.91. The molecule has 3 nitrogen and oxygen atoms in total. The van der Waals surface area contributed by atoms with Gasteiger partial charge in [0.25, 0.3) is 0 Å². The second kappa shape index (κ2) is 5.89. The summed E-state index contributed by atoms with van der Waals surface area (Å²) in [7, 11) is 0. The third-order valence-corrected chi connectivity index (χ3v) is 2.45. The molecule has 0 atom stereocenters. The molecule has 0 radical (unpaired) electrons. The molecule has 2 rings (SSSR count). The van der Waals surface area contributed by atoms with E-state index in [1.807, 2.05) is 30.3 Å². The lowest BCUT2D eigenvalue weighted by Gasteiger charge is -2.08. The van der Waals surface area contributed by atoms with Crippen LogP contribution in [0, 0.1) is 0 Å². The van der Waals surface area contributed by atoms with Crippen LogP contribution in [-0.4, -0.2) is 19.2 Å². The van der Waals surface area contributed by atoms with Crippen LogP contribution < -0.4 is 0 Å². The molecule has 1 aliphatic rings. The molecular weight excluding hydrogens is 216 g/mol. The van der Waals surface area contributed by atoms with Crippen molar-refractivity contribution >= 4 is 5.97 Å². The fourth-order valence-electron chi connectivity index (χ4n) is 1.52. The molecule has 0 saturated carbocycles. The van der Waals surface area contributed by atoms with Crippen molar-refractivity contribution in [1.29, 1.82) is 0 Å². The van der Waals surface area contributed by atoms with Crippen LogP contribution in [0.25, 0.3) is 0 Å². The maximum Gasteiger partial charge on any atom is 0.338 e. The van der Waals surface area contributed by atoms with Crippen molar-refractivity contribution in [2.24, 2.45) is 0 Å². The predicted molar refractivity (Wildman–Crippen MR) is 64.3 cm³/mol. The van der Waals surface area contributed by atoms with Crippen LogP contribution in [-0.2, 0) is 20.7 Å². The Kier molecular flexibility index (Phi) is 3.97. The molecule has 0 aliphatic carbocycles. The van der Waals surface area contributed by atoms with E-state index >= 15 is 0 Å². The number of benzene rings is 1. The van der Waals surface area contributed by atoms with Crippen molar-refractivity contribution in [3.8, 4) is 0 Å². The highest BCUT2D eigenvalue weighted by Gasteiger charge is 2.09. The van der Waals surface area contributed by atoms with E-state index in [2.05, 4.69) is 0 Å². The van der Waals surface area contributed by atoms with E-state index in [0.29, 0.717) is 18.8 Å². The van der Waals surface area contributed by atoms with Crippen LogP contribution in [0.4, 0.5) is 0 Å². The minimum absolute atomic E-state index is 0.291. The van der Waals surface area contributed by atoms with Crippen LogP contribution in [0.5, 0.6) is 0 Å². The molecule has 1 aromatic rings. The standard InChI is InChI=1S/C14H14O3/c15-14(13-7-9-16-10-8-13)17-11-6-12-4-2-1-3-5-12/h1-5,7-9H,6,10-11H2. The van der Waals surface area contributed by atoms with E-state index in [0.717, 1.165) is 12.0 Å². The molecule has 3 heteroatoms. The van der Waals surface area contributed by atoms with Crippen LogP contribution in [0.3, 0.4) is 0 Å². The molecular formula is C14H14O3. The fraction of sp³-hybridized carbons (Fsp3) is 0.214. The van der Waals surface area contributed by atoms with Gasteiger partial charge in [-0.05, 0) is 17.7 Å². The van der Waals surface area contributed by atoms with Gasteiger partial charge in [0, 0.05) is 6.42 Å². The third kappa shape index (κ3) is 3.48. The molecule has 0 amide bonds. The van der Waals surface area contributed by atoms with Gasteiger partial charge < -0.3 is 9.47 Å². The Morgan fingerprint density at radius 1 is 1.29 bits per heavy atom. The van der Waals surface area contributed by atoms with Gasteiger partial charge in [0.2, 0.25) is 0 Å². The highest BCUT2D eigenvalue weighted by atomic mass is 16.5. The van der Waals surface area contributed by atoms with E-state index in [-0.39, 0.29) is 5.97 Å². The summed E-state index contributed by atoms with van der Waals surface area (Å²) in [4.78, 5) is 11.6. The summed E-state index contributed by atoms with van der Waals surface area (Å²) in [6.07, 6.45) is 5.58. The zero-order chi connectivity index (χ0) is 11.9. The number of hydrogen-bond acceptors (Lipinski definition) is 3. The monoisotopic (exact) mass is 230 g/mol. The number of ether oxygens (including phenoxy) is 2. The van der Waals surface area contributed by atoms with E-state index in [1.165, 1.54) is 6.26 Å². The van der Waals surface area contributed by atoms with Crippen LogP contribution >= 0.6 is 0 Å². The fourth-order valence-corrected chi connectivity index (χ4v) is 1.52. The number of rotatable bonds is 4. The molecule has 0 fully saturated rings. The average Bonchev–Trinajstić information content (AvgIpc) is 2.41. The normalized spacial score (nSPS) is 13.8. The van der Waals surface area contributed by atoms with Gasteiger partial charge in [0.05, 0.1) is 18.4 Å². The molecule has 0 N–H and O–H groups in total. The minimum atomic E-state index is -0.291. The summed E-state index contributed by atoms with van der Waals surface area (Å²) in [5, 5.41) is 0. The predicted octanol–water partition coefficient (Wildman–Crippen LogP) is 2.24. The van der Waals surface area contributed by atoms with Gasteiger partial charge in [-0.1, -0.05) is 30.3 Å². The first-order valence-corrected chi connectivity index (χ1v) is 5.55. The third-order valence-electron chi connectivity index (χ3n) is 2.45. The summed E-state index contributed by atoms with van der Waals surface area (Å²) < 4.78 is 10.1. The molecule has 1 aromatic carbocycles. The zero-order valence-corrected chi connectivity index (χ0v) is 9.46. The topological polar surface area (TPSA) is 35.5 Å². The largest absolute Gasteiger partial charge is 0.497 e.